The SMILES string of the molecule is CCCC(N)=O.O=C(O)c1ccccc1. The lowest BCUT2D eigenvalue weighted by Crippen LogP contribution is -2.08. The molecule has 0 unspecified atom stereocenters. The molecule has 0 spiro atoms. The fourth-order valence-corrected chi connectivity index (χ4v) is 0.827. The smallest absolute Gasteiger partial charge is 0.335 e. The van der Waals surface area contributed by atoms with Gasteiger partial charge < -0.3 is 10.8 Å². The number of carboxylic acids is 1. The number of primary amides is 1. The summed E-state index contributed by atoms with van der Waals surface area (Å²) in [5.74, 6) is -1.09. The lowest BCUT2D eigenvalue weighted by Gasteiger charge is -1.88. The molecule has 0 bridgehead atoms. The van der Waals surface area contributed by atoms with E-state index < -0.39 is 5.97 Å². The number of carboxylic acid groups (broad SMARTS) is 1. The molecule has 0 aliphatic heterocycles. The predicted molar refractivity (Wildman–Crippen MR) is 57.5 cm³/mol. The molecule has 3 N–H and O–H groups in total. The standard InChI is InChI=1S/C7H6O2.C4H9NO/c8-7(9)6-4-2-1-3-5-6;1-2-3-4(5)6/h1-5H,(H,8,9);2-3H2,1H3,(H2,5,6). The van der Waals surface area contributed by atoms with Crippen LogP contribution in [0.3, 0.4) is 0 Å². The molecule has 82 valence electrons. The Hall–Kier alpha value is -1.84. The fraction of sp³-hybridized carbons (Fsp3) is 0.273. The van der Waals surface area contributed by atoms with Crippen LogP contribution in [0.15, 0.2) is 30.3 Å². The number of hydrogen-bond donors (Lipinski definition) is 2. The van der Waals surface area contributed by atoms with E-state index in [4.69, 9.17) is 10.8 Å². The van der Waals surface area contributed by atoms with Crippen LogP contribution in [-0.2, 0) is 4.79 Å². The minimum absolute atomic E-state index is 0.211. The molecule has 1 amide bonds. The van der Waals surface area contributed by atoms with Crippen molar-refractivity contribution in [2.45, 2.75) is 19.8 Å². The van der Waals surface area contributed by atoms with Crippen molar-refractivity contribution in [1.29, 1.82) is 0 Å². The molecule has 15 heavy (non-hydrogen) atoms. The summed E-state index contributed by atoms with van der Waals surface area (Å²) in [5.41, 5.74) is 5.10. The van der Waals surface area contributed by atoms with E-state index in [1.165, 1.54) is 0 Å². The van der Waals surface area contributed by atoms with Crippen molar-refractivity contribution < 1.29 is 14.7 Å². The van der Waals surface area contributed by atoms with E-state index in [1.807, 2.05) is 6.92 Å². The highest BCUT2D eigenvalue weighted by atomic mass is 16.4. The molecule has 0 aromatic heterocycles. The van der Waals surface area contributed by atoms with Gasteiger partial charge in [-0.1, -0.05) is 25.1 Å². The van der Waals surface area contributed by atoms with Gasteiger partial charge in [0.05, 0.1) is 5.56 Å². The highest BCUT2D eigenvalue weighted by molar-refractivity contribution is 5.87. The first-order valence-electron chi connectivity index (χ1n) is 4.64. The van der Waals surface area contributed by atoms with Crippen LogP contribution in [0.5, 0.6) is 0 Å². The van der Waals surface area contributed by atoms with Gasteiger partial charge in [-0.3, -0.25) is 4.79 Å². The Morgan fingerprint density at radius 1 is 1.27 bits per heavy atom. The van der Waals surface area contributed by atoms with E-state index in [0.717, 1.165) is 6.42 Å². The molecule has 0 saturated heterocycles. The van der Waals surface area contributed by atoms with Gasteiger partial charge in [-0.05, 0) is 18.6 Å². The largest absolute Gasteiger partial charge is 0.478 e. The number of rotatable bonds is 3. The topological polar surface area (TPSA) is 80.4 Å². The third-order valence-electron chi connectivity index (χ3n) is 1.52. The minimum atomic E-state index is -0.879. The first-order valence-corrected chi connectivity index (χ1v) is 4.64. The fourth-order valence-electron chi connectivity index (χ4n) is 0.827. The van der Waals surface area contributed by atoms with Crippen molar-refractivity contribution in [2.75, 3.05) is 0 Å². The minimum Gasteiger partial charge on any atom is -0.478 e. The van der Waals surface area contributed by atoms with E-state index in [1.54, 1.807) is 30.3 Å². The summed E-state index contributed by atoms with van der Waals surface area (Å²) in [4.78, 5) is 20.0. The summed E-state index contributed by atoms with van der Waals surface area (Å²) in [5, 5.41) is 8.38. The zero-order valence-corrected chi connectivity index (χ0v) is 8.64. The normalized spacial score (nSPS) is 8.60. The van der Waals surface area contributed by atoms with Crippen molar-refractivity contribution in [3.05, 3.63) is 35.9 Å². The number of nitrogens with two attached hydrogens (primary N) is 1. The molecule has 4 nitrogen and oxygen atoms in total. The molecule has 0 saturated carbocycles. The van der Waals surface area contributed by atoms with Crippen LogP contribution in [0.25, 0.3) is 0 Å². The van der Waals surface area contributed by atoms with Gasteiger partial charge in [0.15, 0.2) is 0 Å². The molecule has 4 heteroatoms. The van der Waals surface area contributed by atoms with Gasteiger partial charge in [-0.15, -0.1) is 0 Å². The molecular formula is C11H15NO3. The lowest BCUT2D eigenvalue weighted by atomic mass is 10.2. The molecule has 0 radical (unpaired) electrons. The average Bonchev–Trinajstić information content (AvgIpc) is 2.20. The molecule has 0 atom stereocenters. The quantitative estimate of drug-likeness (QED) is 0.794. The second-order valence-corrected chi connectivity index (χ2v) is 2.89. The van der Waals surface area contributed by atoms with Crippen LogP contribution in [0.2, 0.25) is 0 Å². The number of carbonyl (C=O) groups is 2. The summed E-state index contributed by atoms with van der Waals surface area (Å²) in [6.07, 6.45) is 1.37. The zero-order chi connectivity index (χ0) is 11.7. The van der Waals surface area contributed by atoms with Crippen LogP contribution in [0.1, 0.15) is 30.1 Å². The van der Waals surface area contributed by atoms with Crippen molar-refractivity contribution in [3.63, 3.8) is 0 Å². The molecule has 1 aromatic rings. The third kappa shape index (κ3) is 7.25. The number of benzene rings is 1. The van der Waals surface area contributed by atoms with Crippen LogP contribution >= 0.6 is 0 Å². The lowest BCUT2D eigenvalue weighted by molar-refractivity contribution is -0.118. The monoisotopic (exact) mass is 209 g/mol. The Morgan fingerprint density at radius 3 is 2.00 bits per heavy atom. The Bertz CT molecular complexity index is 309. The van der Waals surface area contributed by atoms with Gasteiger partial charge in [-0.2, -0.15) is 0 Å². The zero-order valence-electron chi connectivity index (χ0n) is 8.64. The van der Waals surface area contributed by atoms with Crippen LogP contribution in [-0.4, -0.2) is 17.0 Å². The summed E-state index contributed by atoms with van der Waals surface area (Å²) < 4.78 is 0. The maximum atomic E-state index is 10.2. The van der Waals surface area contributed by atoms with Gasteiger partial charge in [0, 0.05) is 6.42 Å². The molecule has 0 fully saturated rings. The summed E-state index contributed by atoms with van der Waals surface area (Å²) >= 11 is 0. The van der Waals surface area contributed by atoms with E-state index in [2.05, 4.69) is 0 Å². The van der Waals surface area contributed by atoms with Crippen LogP contribution in [0, 0.1) is 0 Å². The van der Waals surface area contributed by atoms with Gasteiger partial charge in [-0.25, -0.2) is 4.79 Å². The molecule has 1 aromatic carbocycles. The van der Waals surface area contributed by atoms with E-state index >= 15 is 0 Å². The van der Waals surface area contributed by atoms with E-state index in [9.17, 15) is 9.59 Å². The molecular weight excluding hydrogens is 194 g/mol. The van der Waals surface area contributed by atoms with Crippen molar-refractivity contribution >= 4 is 11.9 Å². The second-order valence-electron chi connectivity index (χ2n) is 2.89. The van der Waals surface area contributed by atoms with Crippen LogP contribution < -0.4 is 5.73 Å². The number of aromatic carboxylic acids is 1. The maximum Gasteiger partial charge on any atom is 0.335 e. The highest BCUT2D eigenvalue weighted by Gasteiger charge is 1.96. The Kier molecular flexibility index (Phi) is 6.63. The first kappa shape index (κ1) is 13.2. The maximum absolute atomic E-state index is 10.2. The van der Waals surface area contributed by atoms with Crippen molar-refractivity contribution in [3.8, 4) is 0 Å². The van der Waals surface area contributed by atoms with E-state index in [-0.39, 0.29) is 5.91 Å². The number of carbonyl (C=O) groups excluding carboxylic acids is 1. The highest BCUT2D eigenvalue weighted by Crippen LogP contribution is 1.96. The van der Waals surface area contributed by atoms with Gasteiger partial charge in [0.2, 0.25) is 5.91 Å². The number of hydrogen-bond acceptors (Lipinski definition) is 2. The molecule has 0 aliphatic carbocycles. The summed E-state index contributed by atoms with van der Waals surface area (Å²) in [6, 6.07) is 8.30. The van der Waals surface area contributed by atoms with Crippen molar-refractivity contribution in [1.82, 2.24) is 0 Å². The van der Waals surface area contributed by atoms with Gasteiger partial charge in [0.25, 0.3) is 0 Å². The molecule has 0 heterocycles. The molecule has 0 aliphatic rings. The van der Waals surface area contributed by atoms with Crippen molar-refractivity contribution in [2.24, 2.45) is 5.73 Å². The first-order chi connectivity index (χ1) is 7.07. The average molecular weight is 209 g/mol. The second kappa shape index (κ2) is 7.55. The van der Waals surface area contributed by atoms with Crippen LogP contribution in [0.4, 0.5) is 0 Å². The Labute approximate surface area is 88.7 Å². The van der Waals surface area contributed by atoms with Gasteiger partial charge >= 0.3 is 5.97 Å². The predicted octanol–water partition coefficient (Wildman–Crippen LogP) is 1.66. The third-order valence-corrected chi connectivity index (χ3v) is 1.52. The summed E-state index contributed by atoms with van der Waals surface area (Å²) in [6.45, 7) is 1.92. The summed E-state index contributed by atoms with van der Waals surface area (Å²) in [7, 11) is 0. The number of amides is 1. The van der Waals surface area contributed by atoms with E-state index in [0.29, 0.717) is 12.0 Å². The molecule has 1 rings (SSSR count). The van der Waals surface area contributed by atoms with Gasteiger partial charge in [0.1, 0.15) is 0 Å². The Morgan fingerprint density at radius 2 is 1.80 bits per heavy atom. The Balaban J connectivity index is 0.000000288.